The molecule has 32 heavy (non-hydrogen) atoms. The summed E-state index contributed by atoms with van der Waals surface area (Å²) in [5.74, 6) is -1.05. The van der Waals surface area contributed by atoms with Crippen LogP contribution in [0.3, 0.4) is 0 Å². The molecule has 0 saturated heterocycles. The second-order valence-corrected chi connectivity index (χ2v) is 9.80. The smallest absolute Gasteiger partial charge is 0.341 e. The fourth-order valence-corrected chi connectivity index (χ4v) is 4.64. The van der Waals surface area contributed by atoms with Gasteiger partial charge in [-0.1, -0.05) is 65.2 Å². The maximum Gasteiger partial charge on any atom is 0.341 e. The van der Waals surface area contributed by atoms with Crippen LogP contribution in [-0.2, 0) is 28.5 Å². The predicted molar refractivity (Wildman–Crippen MR) is 124 cm³/mol. The molecule has 2 fully saturated rings. The van der Waals surface area contributed by atoms with Crippen LogP contribution in [-0.4, -0.2) is 48.6 Å². The van der Waals surface area contributed by atoms with Crippen molar-refractivity contribution in [2.75, 3.05) is 13.2 Å². The van der Waals surface area contributed by atoms with Crippen molar-refractivity contribution in [2.45, 2.75) is 141 Å². The van der Waals surface area contributed by atoms with Crippen LogP contribution in [0.25, 0.3) is 0 Å². The van der Waals surface area contributed by atoms with Crippen LogP contribution in [0.1, 0.15) is 118 Å². The van der Waals surface area contributed by atoms with Gasteiger partial charge in [0.1, 0.15) is 0 Å². The van der Waals surface area contributed by atoms with Gasteiger partial charge in [-0.15, -0.1) is 0 Å². The molecule has 6 nitrogen and oxygen atoms in total. The Morgan fingerprint density at radius 2 is 1.00 bits per heavy atom. The molecule has 0 radical (unpaired) electrons. The lowest BCUT2D eigenvalue weighted by Gasteiger charge is -2.45. The average molecular weight is 455 g/mol. The second-order valence-electron chi connectivity index (χ2n) is 9.80. The summed E-state index contributed by atoms with van der Waals surface area (Å²) in [6.45, 7) is 8.08. The molecule has 0 heterocycles. The van der Waals surface area contributed by atoms with E-state index in [2.05, 4.69) is 0 Å². The van der Waals surface area contributed by atoms with Gasteiger partial charge in [-0.05, 0) is 52.4 Å². The zero-order valence-corrected chi connectivity index (χ0v) is 20.9. The minimum atomic E-state index is -1.57. The molecular formula is C26H46O6. The van der Waals surface area contributed by atoms with Crippen molar-refractivity contribution in [3.8, 4) is 0 Å². The quantitative estimate of drug-likeness (QED) is 0.255. The largest absolute Gasteiger partial charge is 0.463 e. The molecule has 0 aromatic heterocycles. The van der Waals surface area contributed by atoms with E-state index >= 15 is 0 Å². The number of carbonyl (C=O) groups is 2. The number of hydrogen-bond acceptors (Lipinski definition) is 6. The Labute approximate surface area is 195 Å². The van der Waals surface area contributed by atoms with Gasteiger partial charge >= 0.3 is 11.9 Å². The van der Waals surface area contributed by atoms with E-state index < -0.39 is 23.1 Å². The van der Waals surface area contributed by atoms with E-state index in [1.807, 2.05) is 13.8 Å². The minimum Gasteiger partial charge on any atom is -0.463 e. The molecule has 0 spiro atoms. The lowest BCUT2D eigenvalue weighted by Crippen LogP contribution is -2.66. The third-order valence-corrected chi connectivity index (χ3v) is 7.06. The lowest BCUT2D eigenvalue weighted by molar-refractivity contribution is -0.250. The van der Waals surface area contributed by atoms with Gasteiger partial charge in [-0.25, -0.2) is 9.59 Å². The Balaban J connectivity index is 2.34. The van der Waals surface area contributed by atoms with Crippen molar-refractivity contribution < 1.29 is 28.5 Å². The van der Waals surface area contributed by atoms with Crippen LogP contribution in [0, 0.1) is 0 Å². The first-order valence-electron chi connectivity index (χ1n) is 13.1. The third kappa shape index (κ3) is 7.18. The summed E-state index contributed by atoms with van der Waals surface area (Å²) in [7, 11) is 0. The van der Waals surface area contributed by atoms with E-state index in [1.54, 1.807) is 13.8 Å². The first-order chi connectivity index (χ1) is 15.4. The number of unbranched alkanes of at least 4 members (excludes halogenated alkanes) is 2. The highest BCUT2D eigenvalue weighted by atomic mass is 16.6. The molecule has 2 rings (SSSR count). The third-order valence-electron chi connectivity index (χ3n) is 7.06. The fourth-order valence-electron chi connectivity index (χ4n) is 4.64. The van der Waals surface area contributed by atoms with Gasteiger partial charge in [0.2, 0.25) is 11.2 Å². The maximum absolute atomic E-state index is 13.5. The fraction of sp³-hybridized carbons (Fsp3) is 0.923. The highest BCUT2D eigenvalue weighted by Gasteiger charge is 2.61. The second kappa shape index (κ2) is 13.5. The first-order valence-corrected chi connectivity index (χ1v) is 13.1. The number of rotatable bonds is 13. The standard InChI is InChI=1S/C26H46O6/c1-5-7-19-29-23(27)25(3,31-21-15-11-9-12-16-21)26(4,24(28)30-20-8-6-2)32-22-17-13-10-14-18-22/h21-22H,5-20H2,1-4H3. The molecule has 0 aromatic carbocycles. The van der Waals surface area contributed by atoms with Crippen LogP contribution in [0.2, 0.25) is 0 Å². The first kappa shape index (κ1) is 27.1. The molecule has 2 aliphatic carbocycles. The summed E-state index contributed by atoms with van der Waals surface area (Å²) in [4.78, 5) is 27.0. The maximum atomic E-state index is 13.5. The Morgan fingerprint density at radius 1 is 0.656 bits per heavy atom. The summed E-state index contributed by atoms with van der Waals surface area (Å²) in [6, 6.07) is 0. The summed E-state index contributed by atoms with van der Waals surface area (Å²) in [5, 5.41) is 0. The van der Waals surface area contributed by atoms with Crippen molar-refractivity contribution in [3.63, 3.8) is 0 Å². The van der Waals surface area contributed by atoms with Crippen LogP contribution in [0.5, 0.6) is 0 Å². The lowest BCUT2D eigenvalue weighted by atomic mass is 9.83. The van der Waals surface area contributed by atoms with Crippen LogP contribution in [0.4, 0.5) is 0 Å². The Bertz CT molecular complexity index is 517. The predicted octanol–water partition coefficient (Wildman–Crippen LogP) is 5.89. The van der Waals surface area contributed by atoms with Gasteiger partial charge in [-0.3, -0.25) is 0 Å². The number of esters is 2. The zero-order chi connectivity index (χ0) is 23.5. The van der Waals surface area contributed by atoms with Crippen molar-refractivity contribution in [2.24, 2.45) is 0 Å². The van der Waals surface area contributed by atoms with Crippen molar-refractivity contribution in [1.29, 1.82) is 0 Å². The molecule has 2 atom stereocenters. The molecule has 186 valence electrons. The molecule has 0 bridgehead atoms. The van der Waals surface area contributed by atoms with Crippen molar-refractivity contribution in [3.05, 3.63) is 0 Å². The SMILES string of the molecule is CCCCOC(=O)C(C)(OC1CCCCC1)C(C)(OC1CCCCC1)C(=O)OCCCC. The molecule has 0 aliphatic heterocycles. The Kier molecular flexibility index (Phi) is 11.5. The van der Waals surface area contributed by atoms with E-state index in [4.69, 9.17) is 18.9 Å². The van der Waals surface area contributed by atoms with E-state index in [0.29, 0.717) is 13.2 Å². The average Bonchev–Trinajstić information content (AvgIpc) is 2.80. The van der Waals surface area contributed by atoms with E-state index in [1.165, 1.54) is 12.8 Å². The molecule has 0 N–H and O–H groups in total. The number of hydrogen-bond donors (Lipinski definition) is 0. The van der Waals surface area contributed by atoms with E-state index in [9.17, 15) is 9.59 Å². The summed E-state index contributed by atoms with van der Waals surface area (Å²) >= 11 is 0. The molecule has 2 saturated carbocycles. The van der Waals surface area contributed by atoms with Crippen molar-refractivity contribution in [1.82, 2.24) is 0 Å². The van der Waals surface area contributed by atoms with Crippen LogP contribution in [0.15, 0.2) is 0 Å². The topological polar surface area (TPSA) is 71.1 Å². The molecular weight excluding hydrogens is 408 g/mol. The molecule has 0 amide bonds. The molecule has 0 aromatic rings. The van der Waals surface area contributed by atoms with Gasteiger partial charge in [0.05, 0.1) is 25.4 Å². The summed E-state index contributed by atoms with van der Waals surface area (Å²) in [5.41, 5.74) is -3.13. The molecule has 2 aliphatic rings. The van der Waals surface area contributed by atoms with Gasteiger partial charge in [0, 0.05) is 0 Å². The molecule has 6 heteroatoms. The Morgan fingerprint density at radius 3 is 1.31 bits per heavy atom. The van der Waals surface area contributed by atoms with Gasteiger partial charge < -0.3 is 18.9 Å². The summed E-state index contributed by atoms with van der Waals surface area (Å²) in [6.07, 6.45) is 13.3. The van der Waals surface area contributed by atoms with E-state index in [0.717, 1.165) is 77.0 Å². The van der Waals surface area contributed by atoms with Crippen LogP contribution < -0.4 is 0 Å². The highest BCUT2D eigenvalue weighted by Crippen LogP contribution is 2.39. The van der Waals surface area contributed by atoms with Gasteiger partial charge in [0.25, 0.3) is 0 Å². The monoisotopic (exact) mass is 454 g/mol. The highest BCUT2D eigenvalue weighted by molar-refractivity contribution is 5.92. The van der Waals surface area contributed by atoms with Gasteiger partial charge in [0.15, 0.2) is 0 Å². The Hall–Kier alpha value is -1.14. The van der Waals surface area contributed by atoms with E-state index in [-0.39, 0.29) is 12.2 Å². The molecule has 2 unspecified atom stereocenters. The van der Waals surface area contributed by atoms with Crippen molar-refractivity contribution >= 4 is 11.9 Å². The number of carbonyl (C=O) groups excluding carboxylic acids is 2. The normalized spacial score (nSPS) is 22.0. The van der Waals surface area contributed by atoms with Crippen LogP contribution >= 0.6 is 0 Å². The van der Waals surface area contributed by atoms with Gasteiger partial charge in [-0.2, -0.15) is 0 Å². The minimum absolute atomic E-state index is 0.0924. The zero-order valence-electron chi connectivity index (χ0n) is 20.9. The number of ether oxygens (including phenoxy) is 4. The summed E-state index contributed by atoms with van der Waals surface area (Å²) < 4.78 is 24.3.